The van der Waals surface area contributed by atoms with Gasteiger partial charge in [-0.3, -0.25) is 4.79 Å². The Kier molecular flexibility index (Phi) is 4.02. The average molecular weight is 285 g/mol. The van der Waals surface area contributed by atoms with Crippen molar-refractivity contribution in [1.82, 2.24) is 15.5 Å². The van der Waals surface area contributed by atoms with E-state index in [0.29, 0.717) is 12.1 Å². The molecule has 1 amide bonds. The van der Waals surface area contributed by atoms with Gasteiger partial charge in [0, 0.05) is 11.6 Å². The fourth-order valence-corrected chi connectivity index (χ4v) is 1.60. The minimum absolute atomic E-state index is 0.235. The van der Waals surface area contributed by atoms with E-state index in [2.05, 4.69) is 20.0 Å². The fourth-order valence-electron chi connectivity index (χ4n) is 1.60. The van der Waals surface area contributed by atoms with Crippen molar-refractivity contribution in [3.8, 4) is 0 Å². The van der Waals surface area contributed by atoms with Crippen LogP contribution >= 0.6 is 0 Å². The zero-order valence-electron chi connectivity index (χ0n) is 10.4. The third-order valence-electron chi connectivity index (χ3n) is 2.58. The monoisotopic (exact) mass is 285 g/mol. The third-order valence-corrected chi connectivity index (χ3v) is 2.58. The molecule has 0 spiro atoms. The van der Waals surface area contributed by atoms with Gasteiger partial charge in [-0.15, -0.1) is 0 Å². The van der Waals surface area contributed by atoms with E-state index in [1.165, 1.54) is 0 Å². The highest BCUT2D eigenvalue weighted by Gasteiger charge is 2.17. The number of nitrogens with one attached hydrogen (secondary N) is 1. The van der Waals surface area contributed by atoms with Gasteiger partial charge in [0.25, 0.3) is 0 Å². The van der Waals surface area contributed by atoms with E-state index in [1.807, 2.05) is 0 Å². The number of carbonyl (C=O) groups is 1. The summed E-state index contributed by atoms with van der Waals surface area (Å²) in [5.41, 5.74) is -0.235. The zero-order chi connectivity index (χ0) is 14.7. The van der Waals surface area contributed by atoms with Crippen LogP contribution in [0.4, 0.5) is 13.2 Å². The number of hydrogen-bond acceptors (Lipinski definition) is 4. The minimum atomic E-state index is -1.30. The topological polar surface area (TPSA) is 68.0 Å². The Morgan fingerprint density at radius 3 is 2.65 bits per heavy atom. The molecule has 2 rings (SSSR count). The summed E-state index contributed by atoms with van der Waals surface area (Å²) < 4.78 is 43.6. The molecule has 8 heteroatoms. The maximum Gasteiger partial charge on any atom is 0.225 e. The first-order chi connectivity index (χ1) is 9.47. The lowest BCUT2D eigenvalue weighted by atomic mass is 10.1. The second-order valence-electron chi connectivity index (χ2n) is 4.11. The fraction of sp³-hybridized carbons (Fsp3) is 0.250. The van der Waals surface area contributed by atoms with Crippen LogP contribution in [-0.2, 0) is 11.2 Å². The Hall–Kier alpha value is -2.38. The van der Waals surface area contributed by atoms with Gasteiger partial charge in [-0.2, -0.15) is 4.98 Å². The summed E-state index contributed by atoms with van der Waals surface area (Å²) in [4.78, 5) is 15.4. The van der Waals surface area contributed by atoms with Crippen LogP contribution < -0.4 is 5.32 Å². The molecule has 1 aromatic carbocycles. The molecule has 1 N–H and O–H groups in total. The predicted octanol–water partition coefficient (Wildman–Crippen LogP) is 1.91. The molecule has 0 radical (unpaired) electrons. The molecule has 2 aromatic rings. The van der Waals surface area contributed by atoms with E-state index in [1.54, 1.807) is 6.92 Å². The van der Waals surface area contributed by atoms with Gasteiger partial charge < -0.3 is 9.84 Å². The standard InChI is InChI=1S/C12H10F3N3O2/c1-6(12-16-5-20-18-12)17-11(19)3-7-2-9(14)10(15)4-8(7)13/h2,4-6H,3H2,1H3,(H,17,19)/t6-/m0/s1. The van der Waals surface area contributed by atoms with Gasteiger partial charge >= 0.3 is 0 Å². The van der Waals surface area contributed by atoms with Crippen molar-refractivity contribution in [3.05, 3.63) is 47.4 Å². The largest absolute Gasteiger partial charge is 0.346 e. The van der Waals surface area contributed by atoms with Crippen molar-refractivity contribution in [3.63, 3.8) is 0 Å². The molecule has 0 bridgehead atoms. The van der Waals surface area contributed by atoms with Gasteiger partial charge in [0.1, 0.15) is 5.82 Å². The summed E-state index contributed by atoms with van der Waals surface area (Å²) in [5.74, 6) is -3.81. The Bertz CT molecular complexity index is 617. The second kappa shape index (κ2) is 5.72. The number of carbonyl (C=O) groups excluding carboxylic acids is 1. The van der Waals surface area contributed by atoms with Gasteiger partial charge in [0.05, 0.1) is 12.5 Å². The molecule has 0 aliphatic carbocycles. The Labute approximate surface area is 111 Å². The number of nitrogens with zero attached hydrogens (tertiary/aromatic N) is 2. The molecule has 0 saturated carbocycles. The highest BCUT2D eigenvalue weighted by atomic mass is 19.2. The zero-order valence-corrected chi connectivity index (χ0v) is 10.4. The Morgan fingerprint density at radius 1 is 1.30 bits per heavy atom. The van der Waals surface area contributed by atoms with E-state index in [9.17, 15) is 18.0 Å². The van der Waals surface area contributed by atoms with Gasteiger partial charge in [0.2, 0.25) is 12.3 Å². The summed E-state index contributed by atoms with van der Waals surface area (Å²) >= 11 is 0. The molecule has 5 nitrogen and oxygen atoms in total. The van der Waals surface area contributed by atoms with Gasteiger partial charge in [-0.05, 0) is 13.0 Å². The van der Waals surface area contributed by atoms with Crippen LogP contribution in [0.1, 0.15) is 24.4 Å². The van der Waals surface area contributed by atoms with E-state index in [0.717, 1.165) is 6.39 Å². The van der Waals surface area contributed by atoms with Crippen LogP contribution in [0.5, 0.6) is 0 Å². The van der Waals surface area contributed by atoms with Crippen molar-refractivity contribution in [1.29, 1.82) is 0 Å². The summed E-state index contributed by atoms with van der Waals surface area (Å²) in [6.07, 6.45) is 0.679. The molecule has 0 aliphatic rings. The number of rotatable bonds is 4. The molecule has 1 heterocycles. The van der Waals surface area contributed by atoms with Crippen LogP contribution in [0.15, 0.2) is 23.0 Å². The first-order valence-electron chi connectivity index (χ1n) is 5.66. The molecule has 0 aliphatic heterocycles. The first kappa shape index (κ1) is 14.0. The van der Waals surface area contributed by atoms with Crippen molar-refractivity contribution < 1.29 is 22.5 Å². The van der Waals surface area contributed by atoms with E-state index >= 15 is 0 Å². The second-order valence-corrected chi connectivity index (χ2v) is 4.11. The van der Waals surface area contributed by atoms with Crippen molar-refractivity contribution in [2.24, 2.45) is 0 Å². The lowest BCUT2D eigenvalue weighted by molar-refractivity contribution is -0.121. The van der Waals surface area contributed by atoms with Gasteiger partial charge in [-0.1, -0.05) is 5.16 Å². The molecule has 20 heavy (non-hydrogen) atoms. The number of amides is 1. The molecule has 0 unspecified atom stereocenters. The summed E-state index contributed by atoms with van der Waals surface area (Å²) in [6.45, 7) is 1.60. The number of halogens is 3. The average Bonchev–Trinajstić information content (AvgIpc) is 2.89. The predicted molar refractivity (Wildman–Crippen MR) is 60.9 cm³/mol. The van der Waals surface area contributed by atoms with Crippen molar-refractivity contribution in [2.45, 2.75) is 19.4 Å². The molecule has 1 aromatic heterocycles. The van der Waals surface area contributed by atoms with Crippen molar-refractivity contribution >= 4 is 5.91 Å². The molecule has 0 saturated heterocycles. The van der Waals surface area contributed by atoms with E-state index in [-0.39, 0.29) is 11.4 Å². The minimum Gasteiger partial charge on any atom is -0.346 e. The molecule has 0 fully saturated rings. The number of aromatic nitrogens is 2. The molecular weight excluding hydrogens is 275 g/mol. The van der Waals surface area contributed by atoms with Crippen LogP contribution in [0.25, 0.3) is 0 Å². The van der Waals surface area contributed by atoms with Crippen LogP contribution in [0.2, 0.25) is 0 Å². The SMILES string of the molecule is C[C@H](NC(=O)Cc1cc(F)c(F)cc1F)c1ncon1. The molecule has 106 valence electrons. The van der Waals surface area contributed by atoms with Gasteiger partial charge in [0.15, 0.2) is 17.5 Å². The van der Waals surface area contributed by atoms with Crippen molar-refractivity contribution in [2.75, 3.05) is 0 Å². The highest BCUT2D eigenvalue weighted by molar-refractivity contribution is 5.78. The highest BCUT2D eigenvalue weighted by Crippen LogP contribution is 2.15. The van der Waals surface area contributed by atoms with Crippen LogP contribution in [0, 0.1) is 17.5 Å². The van der Waals surface area contributed by atoms with E-state index in [4.69, 9.17) is 0 Å². The Morgan fingerprint density at radius 2 is 2.00 bits per heavy atom. The molecule has 1 atom stereocenters. The van der Waals surface area contributed by atoms with Gasteiger partial charge in [-0.25, -0.2) is 13.2 Å². The number of benzene rings is 1. The molecular formula is C12H10F3N3O2. The Balaban J connectivity index is 2.03. The first-order valence-corrected chi connectivity index (χ1v) is 5.66. The quantitative estimate of drug-likeness (QED) is 0.871. The lowest BCUT2D eigenvalue weighted by Gasteiger charge is -2.10. The van der Waals surface area contributed by atoms with Crippen LogP contribution in [-0.4, -0.2) is 16.0 Å². The van der Waals surface area contributed by atoms with Crippen LogP contribution in [0.3, 0.4) is 0 Å². The summed E-state index contributed by atoms with van der Waals surface area (Å²) in [5, 5.41) is 6.02. The smallest absolute Gasteiger partial charge is 0.225 e. The maximum atomic E-state index is 13.4. The normalized spacial score (nSPS) is 12.2. The summed E-state index contributed by atoms with van der Waals surface area (Å²) in [6, 6.07) is 0.513. The van der Waals surface area contributed by atoms with E-state index < -0.39 is 35.8 Å². The number of hydrogen-bond donors (Lipinski definition) is 1. The maximum absolute atomic E-state index is 13.4. The third kappa shape index (κ3) is 3.14. The summed E-state index contributed by atoms with van der Waals surface area (Å²) in [7, 11) is 0. The lowest BCUT2D eigenvalue weighted by Crippen LogP contribution is -2.29.